The smallest absolute Gasteiger partial charge is 0.227 e. The fourth-order valence-corrected chi connectivity index (χ4v) is 6.69. The second-order valence-corrected chi connectivity index (χ2v) is 11.4. The molecule has 3 heterocycles. The van der Waals surface area contributed by atoms with Crippen molar-refractivity contribution in [3.05, 3.63) is 48.2 Å². The highest BCUT2D eigenvalue weighted by Crippen LogP contribution is 2.41. The lowest BCUT2D eigenvalue weighted by molar-refractivity contribution is 0.227. The van der Waals surface area contributed by atoms with Gasteiger partial charge < -0.3 is 25.5 Å². The van der Waals surface area contributed by atoms with E-state index in [4.69, 9.17) is 4.98 Å². The lowest BCUT2D eigenvalue weighted by Gasteiger charge is -2.34. The van der Waals surface area contributed by atoms with E-state index in [1.165, 1.54) is 63.8 Å². The van der Waals surface area contributed by atoms with Crippen LogP contribution < -0.4 is 15.5 Å². The van der Waals surface area contributed by atoms with E-state index in [9.17, 15) is 5.11 Å². The fourth-order valence-electron chi connectivity index (χ4n) is 6.69. The maximum atomic E-state index is 10.6. The van der Waals surface area contributed by atoms with E-state index < -0.39 is 0 Å². The van der Waals surface area contributed by atoms with Crippen molar-refractivity contribution in [3.63, 3.8) is 0 Å². The van der Waals surface area contributed by atoms with Crippen molar-refractivity contribution in [1.82, 2.24) is 20.2 Å². The number of aromatic nitrogens is 2. The van der Waals surface area contributed by atoms with Gasteiger partial charge in [-0.3, -0.25) is 0 Å². The predicted octanol–water partition coefficient (Wildman–Crippen LogP) is 5.64. The third kappa shape index (κ3) is 5.89. The summed E-state index contributed by atoms with van der Waals surface area (Å²) in [6.45, 7) is 8.27. The van der Waals surface area contributed by atoms with E-state index in [-0.39, 0.29) is 0 Å². The lowest BCUT2D eigenvalue weighted by atomic mass is 9.92. The van der Waals surface area contributed by atoms with Crippen LogP contribution in [0.15, 0.2) is 42.6 Å². The fraction of sp³-hybridized carbons (Fsp3) is 0.548. The Kier molecular flexibility index (Phi) is 7.93. The number of nitrogens with one attached hydrogen (secondary N) is 2. The molecule has 3 aromatic rings. The molecule has 0 spiro atoms. The summed E-state index contributed by atoms with van der Waals surface area (Å²) in [5, 5.41) is 18.4. The number of anilines is 3. The first kappa shape index (κ1) is 25.4. The van der Waals surface area contributed by atoms with Gasteiger partial charge in [-0.15, -0.1) is 0 Å². The van der Waals surface area contributed by atoms with Crippen molar-refractivity contribution < 1.29 is 5.11 Å². The number of phenolic OH excluding ortho intramolecular Hbond substituents is 1. The third-order valence-corrected chi connectivity index (χ3v) is 8.93. The summed E-state index contributed by atoms with van der Waals surface area (Å²) < 4.78 is 0. The Morgan fingerprint density at radius 2 is 1.68 bits per heavy atom. The number of aromatic hydroxyl groups is 1. The van der Waals surface area contributed by atoms with Gasteiger partial charge in [0.15, 0.2) is 0 Å². The summed E-state index contributed by atoms with van der Waals surface area (Å²) in [6.07, 6.45) is 11.8. The number of rotatable bonds is 8. The quantitative estimate of drug-likeness (QED) is 0.359. The summed E-state index contributed by atoms with van der Waals surface area (Å²) in [5.74, 6) is 2.20. The molecule has 7 nitrogen and oxygen atoms in total. The second kappa shape index (κ2) is 11.9. The second-order valence-electron chi connectivity index (χ2n) is 11.4. The van der Waals surface area contributed by atoms with Gasteiger partial charge in [-0.1, -0.05) is 12.8 Å². The zero-order valence-electron chi connectivity index (χ0n) is 22.5. The molecule has 0 radical (unpaired) electrons. The molecule has 0 amide bonds. The van der Waals surface area contributed by atoms with Crippen molar-refractivity contribution in [2.75, 3.05) is 56.0 Å². The molecule has 0 unspecified atom stereocenters. The van der Waals surface area contributed by atoms with Crippen LogP contribution in [0, 0.1) is 5.92 Å². The van der Waals surface area contributed by atoms with Crippen LogP contribution in [-0.2, 0) is 0 Å². The van der Waals surface area contributed by atoms with Crippen molar-refractivity contribution in [3.8, 4) is 5.75 Å². The molecule has 2 saturated heterocycles. The molecule has 1 aliphatic carbocycles. The first-order chi connectivity index (χ1) is 18.7. The zero-order chi connectivity index (χ0) is 25.7. The molecule has 6 rings (SSSR count). The summed E-state index contributed by atoms with van der Waals surface area (Å²) in [6, 6.07) is 12.4. The highest BCUT2D eigenvalue weighted by Gasteiger charge is 2.24. The molecule has 1 saturated carbocycles. The van der Waals surface area contributed by atoms with Crippen LogP contribution in [0.25, 0.3) is 10.9 Å². The van der Waals surface area contributed by atoms with Crippen LogP contribution in [0.3, 0.4) is 0 Å². The molecule has 3 N–H and O–H groups in total. The Balaban J connectivity index is 1.04. The highest BCUT2D eigenvalue weighted by molar-refractivity contribution is 5.85. The van der Waals surface area contributed by atoms with Gasteiger partial charge in [0.1, 0.15) is 5.75 Å². The Morgan fingerprint density at radius 1 is 0.921 bits per heavy atom. The third-order valence-electron chi connectivity index (χ3n) is 8.93. The van der Waals surface area contributed by atoms with E-state index >= 15 is 0 Å². The van der Waals surface area contributed by atoms with Gasteiger partial charge in [0, 0.05) is 67.8 Å². The van der Waals surface area contributed by atoms with Gasteiger partial charge in [-0.05, 0) is 93.3 Å². The standard InChI is InChI=1S/C31H42N6O/c38-28-12-7-25-22-33-31(35-30(25)29(28)24-5-1-2-6-24)34-26-8-10-27(11-9-26)37-18-13-23(14-19-37)4-3-17-36-20-15-32-16-21-36/h7-12,22-24,32,38H,1-6,13-21H2,(H,33,34,35). The monoisotopic (exact) mass is 514 g/mol. The molecular formula is C31H42N6O. The van der Waals surface area contributed by atoms with Crippen molar-refractivity contribution in [2.24, 2.45) is 5.92 Å². The normalized spacial score (nSPS) is 19.8. The topological polar surface area (TPSA) is 76.6 Å². The molecule has 2 aromatic carbocycles. The number of benzene rings is 2. The Bertz CT molecular complexity index is 1190. The molecule has 38 heavy (non-hydrogen) atoms. The zero-order valence-corrected chi connectivity index (χ0v) is 22.5. The average Bonchev–Trinajstić information content (AvgIpc) is 3.49. The van der Waals surface area contributed by atoms with Crippen LogP contribution >= 0.6 is 0 Å². The predicted molar refractivity (Wildman–Crippen MR) is 156 cm³/mol. The first-order valence-corrected chi connectivity index (χ1v) is 14.8. The summed E-state index contributed by atoms with van der Waals surface area (Å²) in [4.78, 5) is 14.5. The first-order valence-electron chi connectivity index (χ1n) is 14.8. The van der Waals surface area contributed by atoms with Crippen LogP contribution in [0.4, 0.5) is 17.3 Å². The van der Waals surface area contributed by atoms with Gasteiger partial charge in [0.25, 0.3) is 0 Å². The molecule has 3 aliphatic rings. The molecule has 0 bridgehead atoms. The summed E-state index contributed by atoms with van der Waals surface area (Å²) in [5.41, 5.74) is 4.15. The minimum absolute atomic E-state index is 0.363. The average molecular weight is 515 g/mol. The van der Waals surface area contributed by atoms with E-state index in [0.29, 0.717) is 17.6 Å². The van der Waals surface area contributed by atoms with Crippen molar-refractivity contribution >= 4 is 28.2 Å². The van der Waals surface area contributed by atoms with Crippen molar-refractivity contribution in [2.45, 2.75) is 57.3 Å². The largest absolute Gasteiger partial charge is 0.508 e. The molecule has 1 aromatic heterocycles. The Morgan fingerprint density at radius 3 is 2.45 bits per heavy atom. The summed E-state index contributed by atoms with van der Waals surface area (Å²) in [7, 11) is 0. The SMILES string of the molecule is Oc1ccc2cnc(Nc3ccc(N4CCC(CCCN5CCNCC5)CC4)cc3)nc2c1C1CCCC1. The Hall–Kier alpha value is -2.90. The van der Waals surface area contributed by atoms with Crippen LogP contribution in [0.2, 0.25) is 0 Å². The molecule has 7 heteroatoms. The maximum absolute atomic E-state index is 10.6. The molecule has 3 fully saturated rings. The van der Waals surface area contributed by atoms with Gasteiger partial charge in [0.2, 0.25) is 5.95 Å². The number of fused-ring (bicyclic) bond motifs is 1. The molecule has 202 valence electrons. The number of piperazine rings is 1. The number of hydrogen-bond acceptors (Lipinski definition) is 7. The van der Waals surface area contributed by atoms with E-state index in [2.05, 4.69) is 49.7 Å². The lowest BCUT2D eigenvalue weighted by Crippen LogP contribution is -2.43. The number of hydrogen-bond donors (Lipinski definition) is 3. The Labute approximate surface area is 226 Å². The number of nitrogens with zero attached hydrogens (tertiary/aromatic N) is 4. The van der Waals surface area contributed by atoms with Crippen LogP contribution in [0.5, 0.6) is 5.75 Å². The van der Waals surface area contributed by atoms with E-state index in [1.54, 1.807) is 6.07 Å². The van der Waals surface area contributed by atoms with Crippen LogP contribution in [0.1, 0.15) is 62.8 Å². The van der Waals surface area contributed by atoms with Gasteiger partial charge in [-0.2, -0.15) is 0 Å². The molecule has 2 aliphatic heterocycles. The van der Waals surface area contributed by atoms with Crippen molar-refractivity contribution in [1.29, 1.82) is 0 Å². The van der Waals surface area contributed by atoms with Gasteiger partial charge >= 0.3 is 0 Å². The maximum Gasteiger partial charge on any atom is 0.227 e. The summed E-state index contributed by atoms with van der Waals surface area (Å²) >= 11 is 0. The minimum atomic E-state index is 0.363. The van der Waals surface area contributed by atoms with E-state index in [0.717, 1.165) is 67.1 Å². The van der Waals surface area contributed by atoms with Crippen LogP contribution in [-0.4, -0.2) is 65.8 Å². The number of piperidine rings is 1. The van der Waals surface area contributed by atoms with E-state index in [1.807, 2.05) is 12.3 Å². The minimum Gasteiger partial charge on any atom is -0.508 e. The molecular weight excluding hydrogens is 472 g/mol. The van der Waals surface area contributed by atoms with Gasteiger partial charge in [0.05, 0.1) is 5.52 Å². The van der Waals surface area contributed by atoms with Gasteiger partial charge in [-0.25, -0.2) is 9.97 Å². The number of phenols is 1. The highest BCUT2D eigenvalue weighted by atomic mass is 16.3. The molecule has 0 atom stereocenters.